The van der Waals surface area contributed by atoms with Gasteiger partial charge in [-0.25, -0.2) is 0 Å². The molecule has 1 unspecified atom stereocenters. The van der Waals surface area contributed by atoms with Crippen LogP contribution in [0.2, 0.25) is 0 Å². The van der Waals surface area contributed by atoms with Crippen LogP contribution in [0.25, 0.3) is 0 Å². The van der Waals surface area contributed by atoms with E-state index in [9.17, 15) is 0 Å². The fourth-order valence-electron chi connectivity index (χ4n) is 1.72. The van der Waals surface area contributed by atoms with Gasteiger partial charge in [0, 0.05) is 11.7 Å². The minimum atomic E-state index is 0.573. The van der Waals surface area contributed by atoms with Crippen LogP contribution in [0.5, 0.6) is 0 Å². The van der Waals surface area contributed by atoms with Gasteiger partial charge in [0.05, 0.1) is 0 Å². The molecular weight excluding hydrogens is 182 g/mol. The Kier molecular flexibility index (Phi) is 5.91. The molecule has 1 heteroatoms. The van der Waals surface area contributed by atoms with Crippen molar-refractivity contribution in [3.05, 3.63) is 30.3 Å². The molecule has 0 amide bonds. The SMILES string of the molecule is CCCCCCC(C)Nc1cc[c]cc1. The van der Waals surface area contributed by atoms with Gasteiger partial charge >= 0.3 is 0 Å². The minimum Gasteiger partial charge on any atom is -0.383 e. The predicted octanol–water partition coefficient (Wildman–Crippen LogP) is 4.26. The van der Waals surface area contributed by atoms with Crippen molar-refractivity contribution in [1.29, 1.82) is 0 Å². The third kappa shape index (κ3) is 5.46. The van der Waals surface area contributed by atoms with Crippen molar-refractivity contribution in [3.8, 4) is 0 Å². The number of benzene rings is 1. The maximum Gasteiger partial charge on any atom is 0.0342 e. The van der Waals surface area contributed by atoms with Crippen molar-refractivity contribution in [2.75, 3.05) is 5.32 Å². The normalized spacial score (nSPS) is 12.4. The van der Waals surface area contributed by atoms with Crippen LogP contribution in [0.1, 0.15) is 46.0 Å². The van der Waals surface area contributed by atoms with Gasteiger partial charge in [-0.05, 0) is 31.5 Å². The van der Waals surface area contributed by atoms with E-state index in [0.717, 1.165) is 0 Å². The molecule has 1 radical (unpaired) electrons. The van der Waals surface area contributed by atoms with E-state index >= 15 is 0 Å². The number of nitrogens with one attached hydrogen (secondary N) is 1. The molecule has 1 rings (SSSR count). The molecule has 0 aliphatic rings. The summed E-state index contributed by atoms with van der Waals surface area (Å²) in [6.45, 7) is 4.50. The molecule has 1 N–H and O–H groups in total. The molecule has 83 valence electrons. The largest absolute Gasteiger partial charge is 0.383 e. The van der Waals surface area contributed by atoms with Crippen LogP contribution in [0.3, 0.4) is 0 Å². The van der Waals surface area contributed by atoms with Gasteiger partial charge in [-0.2, -0.15) is 0 Å². The Morgan fingerprint density at radius 3 is 2.60 bits per heavy atom. The summed E-state index contributed by atoms with van der Waals surface area (Å²) in [6.07, 6.45) is 6.65. The van der Waals surface area contributed by atoms with Gasteiger partial charge in [-0.15, -0.1) is 0 Å². The molecule has 15 heavy (non-hydrogen) atoms. The van der Waals surface area contributed by atoms with E-state index in [1.807, 2.05) is 12.1 Å². The molecule has 1 aromatic rings. The van der Waals surface area contributed by atoms with Crippen LogP contribution in [-0.2, 0) is 0 Å². The highest BCUT2D eigenvalue weighted by atomic mass is 14.9. The summed E-state index contributed by atoms with van der Waals surface area (Å²) >= 11 is 0. The monoisotopic (exact) mass is 204 g/mol. The van der Waals surface area contributed by atoms with Gasteiger partial charge in [-0.1, -0.05) is 44.7 Å². The maximum atomic E-state index is 3.50. The molecule has 0 fully saturated rings. The third-order valence-electron chi connectivity index (χ3n) is 2.62. The molecule has 0 aliphatic carbocycles. The van der Waals surface area contributed by atoms with E-state index in [2.05, 4.69) is 37.4 Å². The topological polar surface area (TPSA) is 12.0 Å². The number of hydrogen-bond acceptors (Lipinski definition) is 1. The van der Waals surface area contributed by atoms with Crippen LogP contribution < -0.4 is 5.32 Å². The first-order chi connectivity index (χ1) is 7.33. The molecule has 0 heterocycles. The van der Waals surface area contributed by atoms with Crippen molar-refractivity contribution in [2.24, 2.45) is 0 Å². The third-order valence-corrected chi connectivity index (χ3v) is 2.62. The van der Waals surface area contributed by atoms with Crippen molar-refractivity contribution in [1.82, 2.24) is 0 Å². The zero-order valence-electron chi connectivity index (χ0n) is 9.92. The van der Waals surface area contributed by atoms with Gasteiger partial charge in [0.15, 0.2) is 0 Å². The van der Waals surface area contributed by atoms with Crippen LogP contribution in [-0.4, -0.2) is 6.04 Å². The number of rotatable bonds is 7. The molecule has 0 bridgehead atoms. The van der Waals surface area contributed by atoms with E-state index in [0.29, 0.717) is 6.04 Å². The minimum absolute atomic E-state index is 0.573. The average molecular weight is 204 g/mol. The summed E-state index contributed by atoms with van der Waals surface area (Å²) < 4.78 is 0. The zero-order chi connectivity index (χ0) is 10.9. The lowest BCUT2D eigenvalue weighted by Gasteiger charge is -2.14. The van der Waals surface area contributed by atoms with E-state index in [4.69, 9.17) is 0 Å². The Morgan fingerprint density at radius 1 is 1.20 bits per heavy atom. The average Bonchev–Trinajstić information content (AvgIpc) is 2.26. The smallest absolute Gasteiger partial charge is 0.0342 e. The quantitative estimate of drug-likeness (QED) is 0.654. The molecular formula is C14H22N. The van der Waals surface area contributed by atoms with Crippen molar-refractivity contribution in [3.63, 3.8) is 0 Å². The van der Waals surface area contributed by atoms with E-state index in [1.165, 1.54) is 37.8 Å². The molecule has 0 aliphatic heterocycles. The van der Waals surface area contributed by atoms with Gasteiger partial charge in [-0.3, -0.25) is 0 Å². The van der Waals surface area contributed by atoms with Crippen LogP contribution >= 0.6 is 0 Å². The highest BCUT2D eigenvalue weighted by Crippen LogP contribution is 2.11. The summed E-state index contributed by atoms with van der Waals surface area (Å²) in [5, 5.41) is 3.50. The summed E-state index contributed by atoms with van der Waals surface area (Å²) in [5.41, 5.74) is 1.21. The molecule has 1 aromatic carbocycles. The second-order valence-corrected chi connectivity index (χ2v) is 4.18. The Hall–Kier alpha value is -0.980. The standard InChI is InChI=1S/C14H22N/c1-3-4-5-7-10-13(2)15-14-11-8-6-9-12-14/h8-9,11-13,15H,3-5,7,10H2,1-2H3. The van der Waals surface area contributed by atoms with E-state index in [-0.39, 0.29) is 0 Å². The first-order valence-corrected chi connectivity index (χ1v) is 6.05. The lowest BCUT2D eigenvalue weighted by atomic mass is 10.1. The Morgan fingerprint density at radius 2 is 1.93 bits per heavy atom. The van der Waals surface area contributed by atoms with Crippen molar-refractivity contribution >= 4 is 5.69 Å². The lowest BCUT2D eigenvalue weighted by molar-refractivity contribution is 0.594. The summed E-state index contributed by atoms with van der Waals surface area (Å²) in [6, 6.07) is 11.6. The number of unbranched alkanes of at least 4 members (excludes halogenated alkanes) is 3. The summed E-state index contributed by atoms with van der Waals surface area (Å²) in [4.78, 5) is 0. The Labute approximate surface area is 93.9 Å². The first kappa shape index (κ1) is 12.1. The zero-order valence-corrected chi connectivity index (χ0v) is 9.92. The van der Waals surface area contributed by atoms with Crippen LogP contribution in [0.4, 0.5) is 5.69 Å². The van der Waals surface area contributed by atoms with Gasteiger partial charge in [0.1, 0.15) is 0 Å². The Bertz CT molecular complexity index is 243. The van der Waals surface area contributed by atoms with Gasteiger partial charge < -0.3 is 5.32 Å². The van der Waals surface area contributed by atoms with E-state index < -0.39 is 0 Å². The molecule has 1 atom stereocenters. The van der Waals surface area contributed by atoms with Crippen molar-refractivity contribution in [2.45, 2.75) is 52.0 Å². The molecule has 1 nitrogen and oxygen atoms in total. The number of hydrogen-bond donors (Lipinski definition) is 1. The maximum absolute atomic E-state index is 3.50. The highest BCUT2D eigenvalue weighted by molar-refractivity contribution is 5.42. The molecule has 0 saturated heterocycles. The summed E-state index contributed by atoms with van der Waals surface area (Å²) in [7, 11) is 0. The van der Waals surface area contributed by atoms with Crippen molar-refractivity contribution < 1.29 is 0 Å². The first-order valence-electron chi connectivity index (χ1n) is 6.05. The number of anilines is 1. The Balaban J connectivity index is 2.16. The van der Waals surface area contributed by atoms with E-state index in [1.54, 1.807) is 0 Å². The predicted molar refractivity (Wildman–Crippen MR) is 67.1 cm³/mol. The molecule has 0 aromatic heterocycles. The molecule has 0 spiro atoms. The summed E-state index contributed by atoms with van der Waals surface area (Å²) in [5.74, 6) is 0. The fraction of sp³-hybridized carbons (Fsp3) is 0.571. The van der Waals surface area contributed by atoms with Crippen LogP contribution in [0, 0.1) is 6.07 Å². The van der Waals surface area contributed by atoms with Gasteiger partial charge in [0.2, 0.25) is 0 Å². The van der Waals surface area contributed by atoms with Crippen LogP contribution in [0.15, 0.2) is 24.3 Å². The second-order valence-electron chi connectivity index (χ2n) is 4.18. The highest BCUT2D eigenvalue weighted by Gasteiger charge is 2.00. The van der Waals surface area contributed by atoms with Gasteiger partial charge in [0.25, 0.3) is 0 Å². The fourth-order valence-corrected chi connectivity index (χ4v) is 1.72. The molecule has 0 saturated carbocycles. The second kappa shape index (κ2) is 7.33. The lowest BCUT2D eigenvalue weighted by Crippen LogP contribution is -2.14.